The number of aliphatic carboxylic acids is 1. The predicted molar refractivity (Wildman–Crippen MR) is 98.3 cm³/mol. The van der Waals surface area contributed by atoms with E-state index in [0.29, 0.717) is 0 Å². The Kier molecular flexibility index (Phi) is 7.31. The topological polar surface area (TPSA) is 37.3 Å². The fourth-order valence-electron chi connectivity index (χ4n) is 2.60. The average molecular weight is 333 g/mol. The van der Waals surface area contributed by atoms with Gasteiger partial charge in [-0.2, -0.15) is 0 Å². The summed E-state index contributed by atoms with van der Waals surface area (Å²) in [6, 6.07) is 2.14. The van der Waals surface area contributed by atoms with E-state index in [-0.39, 0.29) is 0 Å². The molecule has 0 amide bonds. The Morgan fingerprint density at radius 2 is 1.87 bits per heavy atom. The number of hydrogen-bond acceptors (Lipinski definition) is 1. The van der Waals surface area contributed by atoms with Crippen molar-refractivity contribution in [1.82, 2.24) is 0 Å². The molecular weight excluding hydrogens is 308 g/mol. The molecule has 0 aliphatic rings. The molecule has 0 bridgehead atoms. The molecule has 1 aromatic rings. The number of carboxylic acids is 1. The van der Waals surface area contributed by atoms with Gasteiger partial charge in [0, 0.05) is 11.1 Å². The first-order valence-electron chi connectivity index (χ1n) is 7.72. The quantitative estimate of drug-likeness (QED) is 0.533. The van der Waals surface area contributed by atoms with E-state index in [2.05, 4.69) is 26.8 Å². The van der Waals surface area contributed by atoms with E-state index in [4.69, 9.17) is 16.7 Å². The molecular formula is C20H25ClO2. The van der Waals surface area contributed by atoms with E-state index in [1.54, 1.807) is 13.0 Å². The van der Waals surface area contributed by atoms with Crippen LogP contribution in [0.1, 0.15) is 42.5 Å². The van der Waals surface area contributed by atoms with Crippen molar-refractivity contribution >= 4 is 17.6 Å². The molecule has 1 aromatic carbocycles. The highest BCUT2D eigenvalue weighted by Gasteiger charge is 2.09. The van der Waals surface area contributed by atoms with Crippen LogP contribution < -0.4 is 0 Å². The van der Waals surface area contributed by atoms with Crippen molar-refractivity contribution < 1.29 is 9.90 Å². The van der Waals surface area contributed by atoms with Crippen molar-refractivity contribution in [3.05, 3.63) is 68.8 Å². The summed E-state index contributed by atoms with van der Waals surface area (Å²) in [4.78, 5) is 10.5. The molecule has 0 saturated heterocycles. The predicted octanol–water partition coefficient (Wildman–Crippen LogP) is 5.73. The second-order valence-corrected chi connectivity index (χ2v) is 6.40. The highest BCUT2D eigenvalue weighted by Crippen LogP contribution is 2.28. The Morgan fingerprint density at radius 1 is 1.22 bits per heavy atom. The lowest BCUT2D eigenvalue weighted by atomic mass is 9.94. The average Bonchev–Trinajstić information content (AvgIpc) is 2.44. The Hall–Kier alpha value is -1.80. The van der Waals surface area contributed by atoms with Crippen LogP contribution in [0.25, 0.3) is 0 Å². The van der Waals surface area contributed by atoms with Gasteiger partial charge < -0.3 is 5.11 Å². The molecule has 0 unspecified atom stereocenters. The standard InChI is InChI=1S/C20H25ClO2/c1-13(7-6-8-14(2)11-19(22)23)9-10-18-15(3)12-16(4)20(21)17(18)5/h6-8,11-12H,9-10H2,1-5H3,(H,22,23). The lowest BCUT2D eigenvalue weighted by Crippen LogP contribution is -1.97. The summed E-state index contributed by atoms with van der Waals surface area (Å²) >= 11 is 6.35. The maximum atomic E-state index is 10.5. The molecule has 1 N–H and O–H groups in total. The summed E-state index contributed by atoms with van der Waals surface area (Å²) in [5.74, 6) is -0.921. The van der Waals surface area contributed by atoms with Gasteiger partial charge in [0.25, 0.3) is 0 Å². The summed E-state index contributed by atoms with van der Waals surface area (Å²) in [5.41, 5.74) is 6.87. The van der Waals surface area contributed by atoms with Crippen molar-refractivity contribution in [2.75, 3.05) is 0 Å². The van der Waals surface area contributed by atoms with Crippen LogP contribution in [0.4, 0.5) is 0 Å². The summed E-state index contributed by atoms with van der Waals surface area (Å²) < 4.78 is 0. The zero-order valence-electron chi connectivity index (χ0n) is 14.5. The summed E-state index contributed by atoms with van der Waals surface area (Å²) in [5, 5.41) is 9.52. The van der Waals surface area contributed by atoms with Crippen LogP contribution in [-0.4, -0.2) is 11.1 Å². The largest absolute Gasteiger partial charge is 0.478 e. The highest BCUT2D eigenvalue weighted by atomic mass is 35.5. The first kappa shape index (κ1) is 19.2. The Balaban J connectivity index is 2.76. The molecule has 1 rings (SSSR count). The number of carboxylic acid groups (broad SMARTS) is 1. The second-order valence-electron chi connectivity index (χ2n) is 6.03. The van der Waals surface area contributed by atoms with Gasteiger partial charge in [0.15, 0.2) is 0 Å². The maximum absolute atomic E-state index is 10.5. The summed E-state index contributed by atoms with van der Waals surface area (Å²) in [7, 11) is 0. The van der Waals surface area contributed by atoms with E-state index in [1.165, 1.54) is 28.3 Å². The third-order valence-corrected chi connectivity index (χ3v) is 4.48. The normalized spacial score (nSPS) is 13.0. The molecule has 23 heavy (non-hydrogen) atoms. The lowest BCUT2D eigenvalue weighted by molar-refractivity contribution is -0.131. The number of benzene rings is 1. The molecule has 3 heteroatoms. The maximum Gasteiger partial charge on any atom is 0.328 e. The smallest absolute Gasteiger partial charge is 0.328 e. The van der Waals surface area contributed by atoms with E-state index in [0.717, 1.165) is 29.0 Å². The second kappa shape index (κ2) is 8.73. The molecule has 124 valence electrons. The van der Waals surface area contributed by atoms with Crippen molar-refractivity contribution in [1.29, 1.82) is 0 Å². The minimum absolute atomic E-state index is 0.721. The third kappa shape index (κ3) is 6.07. The molecule has 0 spiro atoms. The lowest BCUT2D eigenvalue weighted by Gasteiger charge is -2.14. The minimum atomic E-state index is -0.921. The van der Waals surface area contributed by atoms with Gasteiger partial charge in [-0.05, 0) is 75.3 Å². The molecule has 0 atom stereocenters. The van der Waals surface area contributed by atoms with Gasteiger partial charge in [-0.15, -0.1) is 0 Å². The van der Waals surface area contributed by atoms with Crippen LogP contribution in [0.3, 0.4) is 0 Å². The number of halogens is 1. The number of aryl methyl sites for hydroxylation is 2. The monoisotopic (exact) mass is 332 g/mol. The van der Waals surface area contributed by atoms with Crippen molar-refractivity contribution in [3.8, 4) is 0 Å². The molecule has 0 radical (unpaired) electrons. The van der Waals surface area contributed by atoms with Crippen molar-refractivity contribution in [2.24, 2.45) is 0 Å². The molecule has 0 aliphatic heterocycles. The molecule has 0 heterocycles. The van der Waals surface area contributed by atoms with Gasteiger partial charge in [-0.1, -0.05) is 41.5 Å². The van der Waals surface area contributed by atoms with Gasteiger partial charge >= 0.3 is 5.97 Å². The van der Waals surface area contributed by atoms with E-state index in [9.17, 15) is 4.79 Å². The first-order valence-corrected chi connectivity index (χ1v) is 8.10. The third-order valence-electron chi connectivity index (χ3n) is 3.90. The summed E-state index contributed by atoms with van der Waals surface area (Å²) in [6.07, 6.45) is 8.83. The van der Waals surface area contributed by atoms with Crippen molar-refractivity contribution in [3.63, 3.8) is 0 Å². The molecule has 0 fully saturated rings. The Bertz CT molecular complexity index is 679. The van der Waals surface area contributed by atoms with E-state index in [1.807, 2.05) is 19.1 Å². The number of allylic oxidation sites excluding steroid dienone is 5. The van der Waals surface area contributed by atoms with Crippen LogP contribution in [0.2, 0.25) is 5.02 Å². The number of hydrogen-bond donors (Lipinski definition) is 1. The molecule has 0 saturated carbocycles. The Labute approximate surface area is 144 Å². The zero-order valence-corrected chi connectivity index (χ0v) is 15.3. The van der Waals surface area contributed by atoms with E-state index >= 15 is 0 Å². The van der Waals surface area contributed by atoms with Crippen LogP contribution in [0, 0.1) is 20.8 Å². The molecule has 0 aliphatic carbocycles. The van der Waals surface area contributed by atoms with Gasteiger partial charge in [0.05, 0.1) is 0 Å². The van der Waals surface area contributed by atoms with Crippen LogP contribution in [0.15, 0.2) is 41.5 Å². The zero-order chi connectivity index (χ0) is 17.6. The minimum Gasteiger partial charge on any atom is -0.478 e. The highest BCUT2D eigenvalue weighted by molar-refractivity contribution is 6.32. The number of carbonyl (C=O) groups is 1. The fraction of sp³-hybridized carbons (Fsp3) is 0.350. The molecule has 0 aromatic heterocycles. The first-order chi connectivity index (χ1) is 10.7. The van der Waals surface area contributed by atoms with Crippen LogP contribution >= 0.6 is 11.6 Å². The Morgan fingerprint density at radius 3 is 2.48 bits per heavy atom. The van der Waals surface area contributed by atoms with Gasteiger partial charge in [-0.3, -0.25) is 0 Å². The van der Waals surface area contributed by atoms with Gasteiger partial charge in [-0.25, -0.2) is 4.79 Å². The van der Waals surface area contributed by atoms with Crippen LogP contribution in [0.5, 0.6) is 0 Å². The molecule has 2 nitrogen and oxygen atoms in total. The van der Waals surface area contributed by atoms with E-state index < -0.39 is 5.97 Å². The fourth-order valence-corrected chi connectivity index (χ4v) is 2.77. The van der Waals surface area contributed by atoms with Gasteiger partial charge in [0.2, 0.25) is 0 Å². The SMILES string of the molecule is CC(C=CC=C(C)CCc1c(C)cc(C)c(Cl)c1C)=CC(=O)O. The van der Waals surface area contributed by atoms with Crippen LogP contribution in [-0.2, 0) is 11.2 Å². The van der Waals surface area contributed by atoms with Gasteiger partial charge in [0.1, 0.15) is 0 Å². The summed E-state index contributed by atoms with van der Waals surface area (Å²) in [6.45, 7) is 10.1. The number of rotatable bonds is 6. The van der Waals surface area contributed by atoms with Crippen molar-refractivity contribution in [2.45, 2.75) is 47.5 Å².